The molecule has 12 nitrogen and oxygen atoms in total. The van der Waals surface area contributed by atoms with Crippen LogP contribution in [0.3, 0.4) is 0 Å². The van der Waals surface area contributed by atoms with E-state index in [2.05, 4.69) is 21.3 Å². The van der Waals surface area contributed by atoms with Gasteiger partial charge in [0.15, 0.2) is 0 Å². The molecule has 226 valence electrons. The molecule has 3 rings (SSSR count). The summed E-state index contributed by atoms with van der Waals surface area (Å²) in [6.45, 7) is 1.89. The highest BCUT2D eigenvalue weighted by Gasteiger charge is 2.20. The van der Waals surface area contributed by atoms with Gasteiger partial charge in [-0.25, -0.2) is 4.79 Å². The van der Waals surface area contributed by atoms with Crippen molar-refractivity contribution in [3.8, 4) is 5.75 Å². The molecule has 0 saturated carbocycles. The molecule has 0 heterocycles. The maximum atomic E-state index is 12.8. The number of para-hydroxylation sites is 1. The number of aryl methyl sites for hydroxylation is 1. The van der Waals surface area contributed by atoms with Crippen molar-refractivity contribution in [2.24, 2.45) is 0 Å². The molecule has 0 radical (unpaired) electrons. The van der Waals surface area contributed by atoms with Crippen molar-refractivity contribution in [3.05, 3.63) is 83.4 Å². The van der Waals surface area contributed by atoms with Gasteiger partial charge in [-0.15, -0.1) is 0 Å². The number of methoxy groups -OCH3 is 2. The van der Waals surface area contributed by atoms with E-state index in [1.807, 2.05) is 25.1 Å². The van der Waals surface area contributed by atoms with Gasteiger partial charge in [0.25, 0.3) is 0 Å². The van der Waals surface area contributed by atoms with Crippen molar-refractivity contribution < 1.29 is 38.6 Å². The average Bonchev–Trinajstić information content (AvgIpc) is 2.98. The van der Waals surface area contributed by atoms with Gasteiger partial charge in [-0.05, 0) is 53.9 Å². The van der Waals surface area contributed by atoms with Crippen LogP contribution in [-0.4, -0.2) is 49.1 Å². The zero-order valence-corrected chi connectivity index (χ0v) is 24.1. The van der Waals surface area contributed by atoms with Gasteiger partial charge in [0.05, 0.1) is 45.2 Å². The average molecular weight is 591 g/mol. The van der Waals surface area contributed by atoms with Gasteiger partial charge >= 0.3 is 18.0 Å². The first-order chi connectivity index (χ1) is 20.6. The van der Waals surface area contributed by atoms with Crippen molar-refractivity contribution in [2.45, 2.75) is 38.6 Å². The van der Waals surface area contributed by atoms with Crippen molar-refractivity contribution in [1.29, 1.82) is 0 Å². The summed E-state index contributed by atoms with van der Waals surface area (Å²) in [6.07, 6.45) is -0.695. The van der Waals surface area contributed by atoms with Crippen LogP contribution in [0, 0.1) is 6.92 Å². The lowest BCUT2D eigenvalue weighted by Crippen LogP contribution is -2.30. The van der Waals surface area contributed by atoms with E-state index in [1.54, 1.807) is 48.5 Å². The molecule has 1 atom stereocenters. The number of rotatable bonds is 13. The van der Waals surface area contributed by atoms with E-state index < -0.39 is 29.9 Å². The number of nitrogens with one attached hydrogen (secondary N) is 4. The quantitative estimate of drug-likeness (QED) is 0.182. The van der Waals surface area contributed by atoms with Gasteiger partial charge in [0.2, 0.25) is 11.8 Å². The Bertz CT molecular complexity index is 1470. The molecule has 0 saturated heterocycles. The van der Waals surface area contributed by atoms with Gasteiger partial charge in [-0.2, -0.15) is 0 Å². The molecule has 0 aliphatic rings. The second kappa shape index (κ2) is 15.6. The van der Waals surface area contributed by atoms with Crippen LogP contribution in [0.15, 0.2) is 66.7 Å². The highest BCUT2D eigenvalue weighted by Crippen LogP contribution is 2.27. The van der Waals surface area contributed by atoms with Crippen LogP contribution in [0.2, 0.25) is 0 Å². The van der Waals surface area contributed by atoms with Crippen LogP contribution >= 0.6 is 0 Å². The van der Waals surface area contributed by atoms with Crippen molar-refractivity contribution >= 4 is 46.8 Å². The molecular weight excluding hydrogens is 556 g/mol. The molecule has 0 fully saturated rings. The number of esters is 1. The summed E-state index contributed by atoms with van der Waals surface area (Å²) >= 11 is 0. The van der Waals surface area contributed by atoms with E-state index in [1.165, 1.54) is 14.2 Å². The lowest BCUT2D eigenvalue weighted by molar-refractivity contribution is -0.142. The van der Waals surface area contributed by atoms with Gasteiger partial charge in [0.1, 0.15) is 5.75 Å². The van der Waals surface area contributed by atoms with E-state index in [-0.39, 0.29) is 31.6 Å². The molecule has 0 spiro atoms. The lowest BCUT2D eigenvalue weighted by Gasteiger charge is -2.18. The fraction of sp³-hybridized carbons (Fsp3) is 0.258. The third kappa shape index (κ3) is 10.2. The van der Waals surface area contributed by atoms with Crippen LogP contribution in [0.4, 0.5) is 21.9 Å². The predicted octanol–water partition coefficient (Wildman–Crippen LogP) is 4.41. The van der Waals surface area contributed by atoms with E-state index in [0.29, 0.717) is 33.9 Å². The monoisotopic (exact) mass is 590 g/mol. The van der Waals surface area contributed by atoms with Crippen molar-refractivity contribution in [1.82, 2.24) is 5.32 Å². The molecule has 0 aromatic heterocycles. The van der Waals surface area contributed by atoms with Crippen LogP contribution < -0.4 is 26.0 Å². The summed E-state index contributed by atoms with van der Waals surface area (Å²) in [5.41, 5.74) is 3.75. The number of urea groups is 1. The first kappa shape index (κ1) is 32.1. The molecule has 0 aliphatic heterocycles. The summed E-state index contributed by atoms with van der Waals surface area (Å²) in [5, 5.41) is 19.8. The number of amides is 4. The maximum Gasteiger partial charge on any atom is 0.323 e. The smallest absolute Gasteiger partial charge is 0.323 e. The Morgan fingerprint density at radius 3 is 2.16 bits per heavy atom. The van der Waals surface area contributed by atoms with E-state index in [4.69, 9.17) is 14.6 Å². The van der Waals surface area contributed by atoms with Crippen molar-refractivity contribution in [2.75, 3.05) is 30.2 Å². The van der Waals surface area contributed by atoms with E-state index in [9.17, 15) is 24.0 Å². The molecule has 3 aromatic carbocycles. The maximum absolute atomic E-state index is 12.8. The molecule has 5 N–H and O–H groups in total. The molecular formula is C31H34N4O8. The number of hydrogen-bond donors (Lipinski definition) is 5. The summed E-state index contributed by atoms with van der Waals surface area (Å²) in [4.78, 5) is 60.1. The number of hydrogen-bond acceptors (Lipinski definition) is 7. The third-order valence-corrected chi connectivity index (χ3v) is 6.37. The summed E-state index contributed by atoms with van der Waals surface area (Å²) in [6, 6.07) is 17.8. The Morgan fingerprint density at radius 2 is 1.51 bits per heavy atom. The van der Waals surface area contributed by atoms with Gasteiger partial charge < -0.3 is 35.8 Å². The number of anilines is 3. The van der Waals surface area contributed by atoms with Gasteiger partial charge in [-0.1, -0.05) is 36.4 Å². The van der Waals surface area contributed by atoms with E-state index in [0.717, 1.165) is 5.56 Å². The zero-order chi connectivity index (χ0) is 31.4. The Balaban J connectivity index is 1.61. The standard InChI is InChI=1S/C31H34N4O8/c1-19-6-4-5-7-23(19)34-31(41)35-24-13-8-20(16-26(24)42-2)17-28(37)32-22-11-9-21(10-12-22)25(18-30(40)43-3)33-27(36)14-15-29(38)39/h4-13,16,25H,14-15,17-18H2,1-3H3,(H,32,37)(H,33,36)(H,38,39)(H2,34,35,41)/t25-/m1/s1. The normalized spacial score (nSPS) is 11.0. The minimum atomic E-state index is -1.10. The van der Waals surface area contributed by atoms with Crippen LogP contribution in [-0.2, 0) is 30.3 Å². The second-order valence-electron chi connectivity index (χ2n) is 9.57. The number of aliphatic carboxylic acids is 1. The fourth-order valence-corrected chi connectivity index (χ4v) is 4.12. The Labute approximate surface area is 248 Å². The molecule has 43 heavy (non-hydrogen) atoms. The molecule has 0 bridgehead atoms. The van der Waals surface area contributed by atoms with Gasteiger partial charge in [-0.3, -0.25) is 19.2 Å². The SMILES string of the molecule is COC(=O)C[C@@H](NC(=O)CCC(=O)O)c1ccc(NC(=O)Cc2ccc(NC(=O)Nc3ccccc3C)c(OC)c2)cc1. The highest BCUT2D eigenvalue weighted by molar-refractivity contribution is 6.01. The molecule has 3 aromatic rings. The molecule has 12 heteroatoms. The number of benzene rings is 3. The summed E-state index contributed by atoms with van der Waals surface area (Å²) < 4.78 is 10.1. The van der Waals surface area contributed by atoms with Crippen molar-refractivity contribution in [3.63, 3.8) is 0 Å². The first-order valence-corrected chi connectivity index (χ1v) is 13.4. The first-order valence-electron chi connectivity index (χ1n) is 13.4. The molecule has 4 amide bonds. The number of carbonyl (C=O) groups is 5. The predicted molar refractivity (Wildman–Crippen MR) is 160 cm³/mol. The van der Waals surface area contributed by atoms with Crippen LogP contribution in [0.5, 0.6) is 5.75 Å². The summed E-state index contributed by atoms with van der Waals surface area (Å²) in [7, 11) is 2.70. The highest BCUT2D eigenvalue weighted by atomic mass is 16.5. The number of carbonyl (C=O) groups excluding carboxylic acids is 4. The van der Waals surface area contributed by atoms with Crippen LogP contribution in [0.25, 0.3) is 0 Å². The Morgan fingerprint density at radius 1 is 0.814 bits per heavy atom. The Hall–Kier alpha value is -5.39. The molecule has 0 aliphatic carbocycles. The topological polar surface area (TPSA) is 172 Å². The third-order valence-electron chi connectivity index (χ3n) is 6.37. The van der Waals surface area contributed by atoms with E-state index >= 15 is 0 Å². The number of ether oxygens (including phenoxy) is 2. The Kier molecular flexibility index (Phi) is 11.6. The number of carboxylic acids is 1. The second-order valence-corrected chi connectivity index (χ2v) is 9.57. The van der Waals surface area contributed by atoms with Gasteiger partial charge in [0, 0.05) is 17.8 Å². The summed E-state index contributed by atoms with van der Waals surface area (Å²) in [5.74, 6) is -2.09. The minimum absolute atomic E-state index is 0.0262. The number of carboxylic acid groups (broad SMARTS) is 1. The minimum Gasteiger partial charge on any atom is -0.495 e. The van der Waals surface area contributed by atoms with Crippen LogP contribution in [0.1, 0.15) is 42.0 Å². The lowest BCUT2D eigenvalue weighted by atomic mass is 10.0. The molecule has 0 unspecified atom stereocenters. The fourth-order valence-electron chi connectivity index (χ4n) is 4.12. The largest absolute Gasteiger partial charge is 0.495 e. The zero-order valence-electron chi connectivity index (χ0n) is 24.1.